The van der Waals surface area contributed by atoms with E-state index in [-0.39, 0.29) is 17.1 Å². The number of rotatable bonds is 6. The van der Waals surface area contributed by atoms with E-state index < -0.39 is 20.7 Å². The smallest absolute Gasteiger partial charge is 0.255 e. The van der Waals surface area contributed by atoms with Crippen LogP contribution in [0.5, 0.6) is 5.75 Å². The summed E-state index contributed by atoms with van der Waals surface area (Å²) in [4.78, 5) is 13.2. The van der Waals surface area contributed by atoms with Crippen molar-refractivity contribution in [1.82, 2.24) is 4.57 Å². The second-order valence-electron chi connectivity index (χ2n) is 10.4. The average molecular weight is 466 g/mol. The summed E-state index contributed by atoms with van der Waals surface area (Å²) in [5.74, 6) is 0.620. The number of nitriles is 1. The fourth-order valence-corrected chi connectivity index (χ4v) is 4.93. The number of fused-ring (bicyclic) bond motifs is 1. The molecule has 1 N–H and O–H groups in total. The van der Waals surface area contributed by atoms with Crippen molar-refractivity contribution in [2.75, 3.05) is 0 Å². The Morgan fingerprint density at radius 2 is 1.94 bits per heavy atom. The van der Waals surface area contributed by atoms with E-state index in [9.17, 15) is 15.2 Å². The standard InChI is InChI=1S/C26H33N2O4Si/c1-25(2,3)23(32-33(6)7)14-21(29)18-10-11-28(24(30)13-18)20-15-26(4,5)31-22-9-8-17(16-27)12-19(20)22/h8-13,15,21,23,29H,14H2,1-7H3. The highest BCUT2D eigenvalue weighted by Crippen LogP contribution is 2.37. The summed E-state index contributed by atoms with van der Waals surface area (Å²) in [5.41, 5.74) is 1.39. The third-order valence-corrected chi connectivity index (χ3v) is 6.37. The van der Waals surface area contributed by atoms with Crippen molar-refractivity contribution in [3.05, 3.63) is 69.6 Å². The Labute approximate surface area is 197 Å². The van der Waals surface area contributed by atoms with Crippen LogP contribution < -0.4 is 10.3 Å². The van der Waals surface area contributed by atoms with Gasteiger partial charge in [-0.25, -0.2) is 0 Å². The van der Waals surface area contributed by atoms with Gasteiger partial charge in [0.05, 0.1) is 29.5 Å². The maximum absolute atomic E-state index is 13.2. The maximum Gasteiger partial charge on any atom is 0.255 e. The van der Waals surface area contributed by atoms with Crippen LogP contribution in [0.2, 0.25) is 13.1 Å². The molecule has 1 radical (unpaired) electrons. The van der Waals surface area contributed by atoms with Gasteiger partial charge in [-0.15, -0.1) is 0 Å². The molecule has 2 heterocycles. The normalized spacial score (nSPS) is 16.9. The van der Waals surface area contributed by atoms with Crippen LogP contribution in [0.15, 0.2) is 47.4 Å². The van der Waals surface area contributed by atoms with E-state index in [1.54, 1.807) is 30.5 Å². The molecule has 0 bridgehead atoms. The quantitative estimate of drug-likeness (QED) is 0.614. The predicted octanol–water partition coefficient (Wildman–Crippen LogP) is 4.89. The molecule has 0 saturated heterocycles. The Hall–Kier alpha value is -2.66. The van der Waals surface area contributed by atoms with Crippen molar-refractivity contribution in [3.8, 4) is 11.8 Å². The van der Waals surface area contributed by atoms with E-state index in [0.717, 1.165) is 0 Å². The third-order valence-electron chi connectivity index (χ3n) is 5.61. The minimum atomic E-state index is -0.935. The zero-order valence-electron chi connectivity index (χ0n) is 20.5. The Bertz CT molecular complexity index is 1150. The summed E-state index contributed by atoms with van der Waals surface area (Å²) < 4.78 is 13.7. The minimum Gasteiger partial charge on any atom is -0.483 e. The zero-order valence-corrected chi connectivity index (χ0v) is 21.5. The molecule has 33 heavy (non-hydrogen) atoms. The number of nitrogens with zero attached hydrogens (tertiary/aromatic N) is 2. The van der Waals surface area contributed by atoms with Crippen LogP contribution >= 0.6 is 0 Å². The topological polar surface area (TPSA) is 84.5 Å². The van der Waals surface area contributed by atoms with Gasteiger partial charge in [0.1, 0.15) is 11.4 Å². The van der Waals surface area contributed by atoms with Gasteiger partial charge in [0.25, 0.3) is 5.56 Å². The van der Waals surface area contributed by atoms with Crippen LogP contribution in [0.1, 0.15) is 63.8 Å². The van der Waals surface area contributed by atoms with E-state index in [2.05, 4.69) is 39.9 Å². The molecule has 175 valence electrons. The van der Waals surface area contributed by atoms with Crippen molar-refractivity contribution in [2.24, 2.45) is 5.41 Å². The van der Waals surface area contributed by atoms with Crippen molar-refractivity contribution >= 4 is 14.7 Å². The molecular formula is C26H33N2O4Si. The van der Waals surface area contributed by atoms with E-state index in [1.165, 1.54) is 10.6 Å². The Kier molecular flexibility index (Phi) is 7.03. The van der Waals surface area contributed by atoms with Gasteiger partial charge in [-0.05, 0) is 68.3 Å². The van der Waals surface area contributed by atoms with Crippen molar-refractivity contribution in [2.45, 2.75) is 71.9 Å². The summed E-state index contributed by atoms with van der Waals surface area (Å²) in [6, 6.07) is 10.6. The molecule has 7 heteroatoms. The van der Waals surface area contributed by atoms with Gasteiger partial charge in [0.2, 0.25) is 9.04 Å². The molecule has 2 atom stereocenters. The van der Waals surface area contributed by atoms with Gasteiger partial charge in [0.15, 0.2) is 0 Å². The molecule has 0 aliphatic carbocycles. The molecule has 2 aromatic rings. The highest BCUT2D eigenvalue weighted by molar-refractivity contribution is 6.48. The van der Waals surface area contributed by atoms with Crippen LogP contribution in [-0.4, -0.2) is 30.4 Å². The molecule has 3 rings (SSSR count). The van der Waals surface area contributed by atoms with Gasteiger partial charge >= 0.3 is 0 Å². The first kappa shape index (κ1) is 25.0. The lowest BCUT2D eigenvalue weighted by molar-refractivity contribution is 0.0297. The van der Waals surface area contributed by atoms with Crippen LogP contribution in [0, 0.1) is 16.7 Å². The number of aliphatic hydroxyl groups excluding tert-OH is 1. The maximum atomic E-state index is 13.2. The number of benzene rings is 1. The average Bonchev–Trinajstić information content (AvgIpc) is 2.70. The predicted molar refractivity (Wildman–Crippen MR) is 131 cm³/mol. The minimum absolute atomic E-state index is 0.117. The summed E-state index contributed by atoms with van der Waals surface area (Å²) in [6.07, 6.45) is 3.05. The number of pyridine rings is 1. The number of ether oxygens (including phenoxy) is 1. The van der Waals surface area contributed by atoms with E-state index in [1.807, 2.05) is 19.9 Å². The number of aliphatic hydroxyl groups is 1. The molecule has 0 fully saturated rings. The highest BCUT2D eigenvalue weighted by atomic mass is 28.3. The molecule has 2 unspecified atom stereocenters. The number of hydrogen-bond acceptors (Lipinski definition) is 5. The molecule has 1 aromatic carbocycles. The first-order valence-corrected chi connectivity index (χ1v) is 13.6. The van der Waals surface area contributed by atoms with E-state index in [0.29, 0.717) is 34.6 Å². The van der Waals surface area contributed by atoms with E-state index >= 15 is 0 Å². The summed E-state index contributed by atoms with van der Waals surface area (Å²) >= 11 is 0. The molecule has 1 aliphatic heterocycles. The summed E-state index contributed by atoms with van der Waals surface area (Å²) in [6.45, 7) is 14.3. The molecule has 1 aromatic heterocycles. The monoisotopic (exact) mass is 465 g/mol. The molecule has 0 spiro atoms. The Morgan fingerprint density at radius 1 is 1.24 bits per heavy atom. The first-order valence-electron chi connectivity index (χ1n) is 11.1. The second-order valence-corrected chi connectivity index (χ2v) is 12.4. The lowest BCUT2D eigenvalue weighted by atomic mass is 9.85. The fraction of sp³-hybridized carbons (Fsp3) is 0.462. The van der Waals surface area contributed by atoms with Crippen LogP contribution in [0.3, 0.4) is 0 Å². The molecule has 6 nitrogen and oxygen atoms in total. The lowest BCUT2D eigenvalue weighted by Crippen LogP contribution is -2.35. The van der Waals surface area contributed by atoms with Crippen molar-refractivity contribution in [1.29, 1.82) is 5.26 Å². The summed E-state index contributed by atoms with van der Waals surface area (Å²) in [7, 11) is -0.935. The van der Waals surface area contributed by atoms with E-state index in [4.69, 9.17) is 9.16 Å². The lowest BCUT2D eigenvalue weighted by Gasteiger charge is -2.34. The second kappa shape index (κ2) is 9.30. The number of hydrogen-bond donors (Lipinski definition) is 1. The Morgan fingerprint density at radius 3 is 2.52 bits per heavy atom. The SMILES string of the molecule is C[Si](C)OC(CC(O)c1ccn(C2=CC(C)(C)Oc3ccc(C#N)cc32)c(=O)c1)C(C)(C)C. The largest absolute Gasteiger partial charge is 0.483 e. The van der Waals surface area contributed by atoms with Crippen LogP contribution in [-0.2, 0) is 4.43 Å². The van der Waals surface area contributed by atoms with Gasteiger partial charge in [-0.2, -0.15) is 5.26 Å². The van der Waals surface area contributed by atoms with Crippen LogP contribution in [0.25, 0.3) is 5.70 Å². The molecular weight excluding hydrogens is 432 g/mol. The van der Waals surface area contributed by atoms with Crippen LogP contribution in [0.4, 0.5) is 0 Å². The van der Waals surface area contributed by atoms with Gasteiger partial charge < -0.3 is 14.3 Å². The third kappa shape index (κ3) is 5.83. The van der Waals surface area contributed by atoms with Crippen molar-refractivity contribution < 1.29 is 14.3 Å². The summed E-state index contributed by atoms with van der Waals surface area (Å²) in [5, 5.41) is 20.2. The first-order chi connectivity index (χ1) is 15.3. The molecule has 0 amide bonds. The number of aromatic nitrogens is 1. The van der Waals surface area contributed by atoms with Gasteiger partial charge in [-0.3, -0.25) is 9.36 Å². The Balaban J connectivity index is 1.96. The fourth-order valence-electron chi connectivity index (χ4n) is 3.91. The zero-order chi connectivity index (χ0) is 24.6. The molecule has 1 aliphatic rings. The highest BCUT2D eigenvalue weighted by Gasteiger charge is 2.30. The molecule has 0 saturated carbocycles. The van der Waals surface area contributed by atoms with Gasteiger partial charge in [-0.1, -0.05) is 20.8 Å². The van der Waals surface area contributed by atoms with Crippen molar-refractivity contribution in [3.63, 3.8) is 0 Å². The van der Waals surface area contributed by atoms with Gasteiger partial charge in [0, 0.05) is 24.2 Å².